The molecule has 1 N–H and O–H groups in total. The van der Waals surface area contributed by atoms with Crippen molar-refractivity contribution in [1.82, 2.24) is 0 Å². The Hall–Kier alpha value is -2.43. The van der Waals surface area contributed by atoms with Crippen LogP contribution in [0.25, 0.3) is 6.08 Å². The number of furan rings is 1. The summed E-state index contributed by atoms with van der Waals surface area (Å²) in [5.41, 5.74) is -0.0782. The van der Waals surface area contributed by atoms with Gasteiger partial charge in [0, 0.05) is 12.1 Å². The number of carbonyl (C=O) groups excluding carboxylic acids is 1. The Morgan fingerprint density at radius 3 is 2.78 bits per heavy atom. The molecule has 3 nitrogen and oxygen atoms in total. The second-order valence-corrected chi connectivity index (χ2v) is 3.46. The van der Waals surface area contributed by atoms with Gasteiger partial charge < -0.3 is 9.73 Å². The fraction of sp³-hybridized carbons (Fsp3) is 0. The molecule has 0 saturated carbocycles. The minimum atomic E-state index is -0.824. The highest BCUT2D eigenvalue weighted by molar-refractivity contribution is 6.01. The summed E-state index contributed by atoms with van der Waals surface area (Å²) in [6, 6.07) is 6.27. The van der Waals surface area contributed by atoms with Crippen molar-refractivity contribution in [3.8, 4) is 0 Å². The van der Waals surface area contributed by atoms with Gasteiger partial charge in [0.1, 0.15) is 17.4 Å². The van der Waals surface area contributed by atoms with Gasteiger partial charge in [0.15, 0.2) is 0 Å². The summed E-state index contributed by atoms with van der Waals surface area (Å²) in [7, 11) is 0. The molecule has 18 heavy (non-hydrogen) atoms. The minimum Gasteiger partial charge on any atom is -0.465 e. The zero-order valence-electron chi connectivity index (χ0n) is 9.19. The van der Waals surface area contributed by atoms with Crippen molar-refractivity contribution in [3.63, 3.8) is 0 Å². The van der Waals surface area contributed by atoms with Crippen molar-refractivity contribution in [2.75, 3.05) is 5.32 Å². The molecular formula is C13H9F2NO2. The van der Waals surface area contributed by atoms with Crippen molar-refractivity contribution >= 4 is 17.7 Å². The Bertz CT molecular complexity index is 577. The lowest BCUT2D eigenvalue weighted by molar-refractivity contribution is -0.111. The number of hydrogen-bond donors (Lipinski definition) is 1. The number of halogens is 2. The third-order valence-corrected chi connectivity index (χ3v) is 2.13. The molecule has 1 aromatic heterocycles. The van der Waals surface area contributed by atoms with Gasteiger partial charge in [-0.05, 0) is 30.3 Å². The van der Waals surface area contributed by atoms with Crippen molar-refractivity contribution in [2.45, 2.75) is 0 Å². The molecule has 5 heteroatoms. The van der Waals surface area contributed by atoms with E-state index in [9.17, 15) is 13.6 Å². The highest BCUT2D eigenvalue weighted by Crippen LogP contribution is 2.15. The molecule has 0 unspecified atom stereocenters. The molecule has 0 atom stereocenters. The van der Waals surface area contributed by atoms with Crippen molar-refractivity contribution in [3.05, 3.63) is 60.1 Å². The summed E-state index contributed by atoms with van der Waals surface area (Å²) < 4.78 is 30.8. The molecule has 0 fully saturated rings. The predicted molar refractivity (Wildman–Crippen MR) is 62.7 cm³/mol. The average molecular weight is 249 g/mol. The van der Waals surface area contributed by atoms with Crippen molar-refractivity contribution in [2.24, 2.45) is 0 Å². The molecule has 0 aliphatic rings. The topological polar surface area (TPSA) is 42.2 Å². The Morgan fingerprint density at radius 2 is 2.11 bits per heavy atom. The lowest BCUT2D eigenvalue weighted by atomic mass is 10.3. The summed E-state index contributed by atoms with van der Waals surface area (Å²) >= 11 is 0. The second kappa shape index (κ2) is 5.27. The first-order chi connectivity index (χ1) is 8.65. The maximum atomic E-state index is 13.2. The molecule has 2 aromatic rings. The number of hydrogen-bond acceptors (Lipinski definition) is 2. The lowest BCUT2D eigenvalue weighted by Crippen LogP contribution is -2.09. The van der Waals surface area contributed by atoms with Crippen LogP contribution in [0.2, 0.25) is 0 Å². The first kappa shape index (κ1) is 12.0. The minimum absolute atomic E-state index is 0.0782. The molecule has 92 valence electrons. The van der Waals surface area contributed by atoms with Crippen LogP contribution in [0.3, 0.4) is 0 Å². The summed E-state index contributed by atoms with van der Waals surface area (Å²) in [6.07, 6.45) is 4.11. The van der Waals surface area contributed by atoms with Crippen molar-refractivity contribution in [1.29, 1.82) is 0 Å². The van der Waals surface area contributed by atoms with E-state index < -0.39 is 17.5 Å². The molecule has 1 aromatic carbocycles. The number of anilines is 1. The van der Waals surface area contributed by atoms with Gasteiger partial charge in [-0.1, -0.05) is 0 Å². The number of carbonyl (C=O) groups is 1. The molecule has 0 saturated heterocycles. The summed E-state index contributed by atoms with van der Waals surface area (Å²) in [5, 5.41) is 2.29. The van der Waals surface area contributed by atoms with Crippen LogP contribution in [0.5, 0.6) is 0 Å². The summed E-state index contributed by atoms with van der Waals surface area (Å²) in [5.74, 6) is -1.55. The number of rotatable bonds is 3. The Morgan fingerprint density at radius 1 is 1.28 bits per heavy atom. The van der Waals surface area contributed by atoms with Crippen molar-refractivity contribution < 1.29 is 18.0 Å². The van der Waals surface area contributed by atoms with Crippen LogP contribution in [-0.2, 0) is 4.79 Å². The van der Waals surface area contributed by atoms with Gasteiger partial charge in [-0.2, -0.15) is 0 Å². The highest BCUT2D eigenvalue weighted by atomic mass is 19.1. The van der Waals surface area contributed by atoms with Crippen LogP contribution in [0.4, 0.5) is 14.5 Å². The molecule has 0 radical (unpaired) electrons. The number of benzene rings is 1. The SMILES string of the molecule is O=C(/C=C\c1ccco1)Nc1ccc(F)cc1F. The number of nitrogens with one attached hydrogen (secondary N) is 1. The monoisotopic (exact) mass is 249 g/mol. The predicted octanol–water partition coefficient (Wildman–Crippen LogP) is 3.21. The van der Waals surface area contributed by atoms with Crippen LogP contribution >= 0.6 is 0 Å². The molecule has 0 bridgehead atoms. The molecule has 1 amide bonds. The molecule has 1 heterocycles. The van der Waals surface area contributed by atoms with E-state index in [0.29, 0.717) is 11.8 Å². The Kier molecular flexibility index (Phi) is 3.52. The Balaban J connectivity index is 2.03. The van der Waals surface area contributed by atoms with Gasteiger partial charge in [0.25, 0.3) is 0 Å². The van der Waals surface area contributed by atoms with Gasteiger partial charge in [0.05, 0.1) is 12.0 Å². The largest absolute Gasteiger partial charge is 0.465 e. The van der Waals surface area contributed by atoms with E-state index in [1.165, 1.54) is 18.4 Å². The quantitative estimate of drug-likeness (QED) is 0.849. The second-order valence-electron chi connectivity index (χ2n) is 3.46. The standard InChI is InChI=1S/C13H9F2NO2/c14-9-3-5-12(11(15)8-9)16-13(17)6-4-10-2-1-7-18-10/h1-8H,(H,16,17)/b6-4-. The lowest BCUT2D eigenvalue weighted by Gasteiger charge is -2.03. The third kappa shape index (κ3) is 3.04. The summed E-state index contributed by atoms with van der Waals surface area (Å²) in [6.45, 7) is 0. The van der Waals surface area contributed by atoms with Gasteiger partial charge in [-0.15, -0.1) is 0 Å². The van der Waals surface area contributed by atoms with E-state index >= 15 is 0 Å². The van der Waals surface area contributed by atoms with E-state index in [4.69, 9.17) is 4.42 Å². The first-order valence-electron chi connectivity index (χ1n) is 5.13. The smallest absolute Gasteiger partial charge is 0.248 e. The van der Waals surface area contributed by atoms with Gasteiger partial charge in [-0.25, -0.2) is 8.78 Å². The molecule has 0 aliphatic heterocycles. The molecule has 0 spiro atoms. The van der Waals surface area contributed by atoms with Gasteiger partial charge in [0.2, 0.25) is 5.91 Å². The Labute approximate surface area is 102 Å². The van der Waals surface area contributed by atoms with E-state index in [1.54, 1.807) is 12.1 Å². The molecule has 2 rings (SSSR count). The maximum Gasteiger partial charge on any atom is 0.248 e. The van der Waals surface area contributed by atoms with Crippen LogP contribution < -0.4 is 5.32 Å². The fourth-order valence-electron chi connectivity index (χ4n) is 1.31. The molecule has 0 aliphatic carbocycles. The normalized spacial score (nSPS) is 10.8. The highest BCUT2D eigenvalue weighted by Gasteiger charge is 2.05. The zero-order valence-corrected chi connectivity index (χ0v) is 9.19. The average Bonchev–Trinajstić information content (AvgIpc) is 2.83. The van der Waals surface area contributed by atoms with E-state index in [2.05, 4.69) is 5.32 Å². The summed E-state index contributed by atoms with van der Waals surface area (Å²) in [4.78, 5) is 11.4. The zero-order chi connectivity index (χ0) is 13.0. The van der Waals surface area contributed by atoms with Crippen LogP contribution in [0.1, 0.15) is 5.76 Å². The van der Waals surface area contributed by atoms with E-state index in [0.717, 1.165) is 12.1 Å². The van der Waals surface area contributed by atoms with E-state index in [-0.39, 0.29) is 5.69 Å². The van der Waals surface area contributed by atoms with Crippen LogP contribution in [-0.4, -0.2) is 5.91 Å². The molecular weight excluding hydrogens is 240 g/mol. The van der Waals surface area contributed by atoms with Gasteiger partial charge in [-0.3, -0.25) is 4.79 Å². The van der Waals surface area contributed by atoms with Crippen LogP contribution in [0, 0.1) is 11.6 Å². The van der Waals surface area contributed by atoms with E-state index in [1.807, 2.05) is 0 Å². The number of amides is 1. The third-order valence-electron chi connectivity index (χ3n) is 2.13. The fourth-order valence-corrected chi connectivity index (χ4v) is 1.31. The first-order valence-corrected chi connectivity index (χ1v) is 5.13. The van der Waals surface area contributed by atoms with Crippen LogP contribution in [0.15, 0.2) is 47.1 Å². The maximum absolute atomic E-state index is 13.2. The van der Waals surface area contributed by atoms with Gasteiger partial charge >= 0.3 is 0 Å².